The Kier molecular flexibility index (Phi) is 5.91. The monoisotopic (exact) mass is 397 g/mol. The van der Waals surface area contributed by atoms with Crippen molar-refractivity contribution in [3.8, 4) is 0 Å². The molecule has 0 atom stereocenters. The van der Waals surface area contributed by atoms with Crippen molar-refractivity contribution < 1.29 is 18.7 Å². The molecule has 0 unspecified atom stereocenters. The first kappa shape index (κ1) is 19.4. The number of esters is 1. The molecule has 0 radical (unpaired) electrons. The minimum absolute atomic E-state index is 0.202. The van der Waals surface area contributed by atoms with Gasteiger partial charge in [-0.1, -0.05) is 35.9 Å². The molecule has 2 aromatic carbocycles. The summed E-state index contributed by atoms with van der Waals surface area (Å²) in [6.07, 6.45) is 1.57. The number of hydrogen-bond acceptors (Lipinski definition) is 5. The number of hydrogen-bond donors (Lipinski definition) is 0. The Morgan fingerprint density at radius 3 is 2.61 bits per heavy atom. The van der Waals surface area contributed by atoms with Gasteiger partial charge in [0.2, 0.25) is 5.76 Å². The SMILES string of the molecule is C=CCN(C(=O)COC(=O)c1cc(=O)c2cc(Cl)ccc2o1)c1ccccc1. The number of para-hydroxylation sites is 1. The zero-order valence-electron chi connectivity index (χ0n) is 14.8. The molecular weight excluding hydrogens is 382 g/mol. The van der Waals surface area contributed by atoms with Gasteiger partial charge in [0.25, 0.3) is 5.91 Å². The number of nitrogens with zero attached hydrogens (tertiary/aromatic N) is 1. The van der Waals surface area contributed by atoms with E-state index in [1.165, 1.54) is 17.0 Å². The molecule has 0 spiro atoms. The summed E-state index contributed by atoms with van der Waals surface area (Å²) in [4.78, 5) is 38.3. The Balaban J connectivity index is 1.75. The Labute approximate surface area is 165 Å². The maximum absolute atomic E-state index is 12.5. The zero-order chi connectivity index (χ0) is 20.1. The summed E-state index contributed by atoms with van der Waals surface area (Å²) in [6, 6.07) is 14.4. The molecule has 0 fully saturated rings. The number of fused-ring (bicyclic) bond motifs is 1. The summed E-state index contributed by atoms with van der Waals surface area (Å²) in [5, 5.41) is 0.630. The predicted molar refractivity (Wildman–Crippen MR) is 107 cm³/mol. The molecule has 1 amide bonds. The zero-order valence-corrected chi connectivity index (χ0v) is 15.5. The third-order valence-corrected chi connectivity index (χ3v) is 4.13. The molecule has 28 heavy (non-hydrogen) atoms. The van der Waals surface area contributed by atoms with Crippen LogP contribution in [0, 0.1) is 0 Å². The summed E-state index contributed by atoms with van der Waals surface area (Å²) < 4.78 is 10.5. The van der Waals surface area contributed by atoms with Gasteiger partial charge in [-0.25, -0.2) is 4.79 Å². The van der Waals surface area contributed by atoms with E-state index in [0.717, 1.165) is 6.07 Å². The lowest BCUT2D eigenvalue weighted by Gasteiger charge is -2.21. The van der Waals surface area contributed by atoms with E-state index in [2.05, 4.69) is 6.58 Å². The number of benzene rings is 2. The first-order valence-corrected chi connectivity index (χ1v) is 8.74. The molecule has 0 saturated carbocycles. The van der Waals surface area contributed by atoms with Crippen LogP contribution in [0.1, 0.15) is 10.6 Å². The number of carbonyl (C=O) groups is 2. The molecule has 3 rings (SSSR count). The molecule has 0 bridgehead atoms. The second-order valence-corrected chi connectivity index (χ2v) is 6.26. The van der Waals surface area contributed by atoms with Crippen molar-refractivity contribution in [1.82, 2.24) is 0 Å². The smallest absolute Gasteiger partial charge is 0.374 e. The van der Waals surface area contributed by atoms with Crippen LogP contribution in [0.25, 0.3) is 11.0 Å². The fraction of sp³-hybridized carbons (Fsp3) is 0.0952. The quantitative estimate of drug-likeness (QED) is 0.466. The molecule has 6 nitrogen and oxygen atoms in total. The van der Waals surface area contributed by atoms with Crippen LogP contribution in [0.3, 0.4) is 0 Å². The summed E-state index contributed by atoms with van der Waals surface area (Å²) >= 11 is 5.86. The van der Waals surface area contributed by atoms with Crippen LogP contribution in [-0.4, -0.2) is 25.0 Å². The van der Waals surface area contributed by atoms with E-state index < -0.39 is 23.9 Å². The molecular formula is C21H16ClNO5. The van der Waals surface area contributed by atoms with Crippen LogP contribution >= 0.6 is 11.6 Å². The van der Waals surface area contributed by atoms with Crippen LogP contribution in [-0.2, 0) is 9.53 Å². The van der Waals surface area contributed by atoms with Gasteiger partial charge in [-0.15, -0.1) is 6.58 Å². The van der Waals surface area contributed by atoms with Gasteiger partial charge in [0.15, 0.2) is 12.0 Å². The van der Waals surface area contributed by atoms with E-state index in [1.54, 1.807) is 36.4 Å². The van der Waals surface area contributed by atoms with Crippen molar-refractivity contribution >= 4 is 40.1 Å². The molecule has 0 saturated heterocycles. The highest BCUT2D eigenvalue weighted by Gasteiger charge is 2.19. The number of carbonyl (C=O) groups excluding carboxylic acids is 2. The lowest BCUT2D eigenvalue weighted by atomic mass is 10.2. The third kappa shape index (κ3) is 4.29. The van der Waals surface area contributed by atoms with E-state index in [9.17, 15) is 14.4 Å². The van der Waals surface area contributed by atoms with Gasteiger partial charge in [0.05, 0.1) is 5.39 Å². The standard InChI is InChI=1S/C21H16ClNO5/c1-2-10-23(15-6-4-3-5-7-15)20(25)13-27-21(26)19-12-17(24)16-11-14(22)8-9-18(16)28-19/h2-9,11-12H,1,10,13H2. The Morgan fingerprint density at radius 1 is 1.14 bits per heavy atom. The summed E-state index contributed by atoms with van der Waals surface area (Å²) in [7, 11) is 0. The number of rotatable bonds is 6. The highest BCUT2D eigenvalue weighted by Crippen LogP contribution is 2.18. The maximum atomic E-state index is 12.5. The largest absolute Gasteiger partial charge is 0.450 e. The first-order chi connectivity index (χ1) is 13.5. The van der Waals surface area contributed by atoms with Crippen molar-refractivity contribution in [3.63, 3.8) is 0 Å². The van der Waals surface area contributed by atoms with Crippen molar-refractivity contribution in [3.05, 3.63) is 88.3 Å². The van der Waals surface area contributed by atoms with Crippen molar-refractivity contribution in [1.29, 1.82) is 0 Å². The first-order valence-electron chi connectivity index (χ1n) is 8.36. The van der Waals surface area contributed by atoms with Crippen LogP contribution in [0.4, 0.5) is 5.69 Å². The number of ether oxygens (including phenoxy) is 1. The van der Waals surface area contributed by atoms with Crippen LogP contribution in [0.5, 0.6) is 0 Å². The fourth-order valence-electron chi connectivity index (χ4n) is 2.59. The lowest BCUT2D eigenvalue weighted by molar-refractivity contribution is -0.121. The second kappa shape index (κ2) is 8.54. The van der Waals surface area contributed by atoms with Gasteiger partial charge in [0, 0.05) is 23.3 Å². The van der Waals surface area contributed by atoms with E-state index in [4.69, 9.17) is 20.8 Å². The minimum atomic E-state index is -0.908. The van der Waals surface area contributed by atoms with Gasteiger partial charge in [-0.05, 0) is 30.3 Å². The molecule has 0 aliphatic carbocycles. The van der Waals surface area contributed by atoms with E-state index >= 15 is 0 Å². The molecule has 142 valence electrons. The lowest BCUT2D eigenvalue weighted by Crippen LogP contribution is -2.34. The normalized spacial score (nSPS) is 10.5. The van der Waals surface area contributed by atoms with E-state index in [-0.39, 0.29) is 23.3 Å². The van der Waals surface area contributed by atoms with Crippen molar-refractivity contribution in [2.45, 2.75) is 0 Å². The van der Waals surface area contributed by atoms with Crippen LogP contribution in [0.2, 0.25) is 5.02 Å². The molecule has 1 aromatic heterocycles. The Bertz CT molecular complexity index is 1090. The molecule has 3 aromatic rings. The Morgan fingerprint density at radius 2 is 1.89 bits per heavy atom. The van der Waals surface area contributed by atoms with Gasteiger partial charge in [-0.3, -0.25) is 9.59 Å². The molecule has 1 heterocycles. The topological polar surface area (TPSA) is 76.8 Å². The minimum Gasteiger partial charge on any atom is -0.450 e. The molecule has 0 N–H and O–H groups in total. The fourth-order valence-corrected chi connectivity index (χ4v) is 2.77. The third-order valence-electron chi connectivity index (χ3n) is 3.90. The number of amides is 1. The molecule has 0 aliphatic heterocycles. The average Bonchev–Trinajstić information content (AvgIpc) is 2.71. The summed E-state index contributed by atoms with van der Waals surface area (Å²) in [5.74, 6) is -1.63. The summed E-state index contributed by atoms with van der Waals surface area (Å²) in [5.41, 5.74) is 0.421. The average molecular weight is 398 g/mol. The summed E-state index contributed by atoms with van der Waals surface area (Å²) in [6.45, 7) is 3.38. The highest BCUT2D eigenvalue weighted by molar-refractivity contribution is 6.31. The maximum Gasteiger partial charge on any atom is 0.374 e. The highest BCUT2D eigenvalue weighted by atomic mass is 35.5. The van der Waals surface area contributed by atoms with Crippen LogP contribution < -0.4 is 10.3 Å². The van der Waals surface area contributed by atoms with Crippen LogP contribution in [0.15, 0.2) is 76.5 Å². The van der Waals surface area contributed by atoms with E-state index in [0.29, 0.717) is 10.7 Å². The van der Waals surface area contributed by atoms with Gasteiger partial charge >= 0.3 is 5.97 Å². The van der Waals surface area contributed by atoms with Gasteiger partial charge in [-0.2, -0.15) is 0 Å². The molecule has 0 aliphatic rings. The number of halogens is 1. The van der Waals surface area contributed by atoms with Crippen molar-refractivity contribution in [2.24, 2.45) is 0 Å². The Hall–Kier alpha value is -3.38. The molecule has 7 heteroatoms. The predicted octanol–water partition coefficient (Wildman–Crippen LogP) is 3.82. The van der Waals surface area contributed by atoms with Gasteiger partial charge < -0.3 is 14.1 Å². The van der Waals surface area contributed by atoms with E-state index in [1.807, 2.05) is 6.07 Å². The number of anilines is 1. The second-order valence-electron chi connectivity index (χ2n) is 5.82. The van der Waals surface area contributed by atoms with Gasteiger partial charge in [0.1, 0.15) is 5.58 Å². The van der Waals surface area contributed by atoms with Crippen molar-refractivity contribution in [2.75, 3.05) is 18.1 Å².